The Balaban J connectivity index is 1.66. The van der Waals surface area contributed by atoms with Gasteiger partial charge in [-0.15, -0.1) is 0 Å². The van der Waals surface area contributed by atoms with Crippen molar-refractivity contribution in [2.24, 2.45) is 40.4 Å². The van der Waals surface area contributed by atoms with Gasteiger partial charge in [0, 0.05) is 0 Å². The van der Waals surface area contributed by atoms with Crippen molar-refractivity contribution in [3.63, 3.8) is 0 Å². The molecule has 0 aromatic carbocycles. The van der Waals surface area contributed by atoms with Crippen LogP contribution in [0.2, 0.25) is 0 Å². The standard InChI is InChI=1S/C23H38O/c1-15(2)18-8-9-19-17-7-6-16-14-21(3,24)12-13-22(16,4)20(17)10-11-23(18,19)5/h10,15-19,24H,6-9,11-14H2,1-5H3/t16?,17-,18+,19-,21-,22-,23+/m0/s1. The molecule has 0 bridgehead atoms. The molecule has 1 N–H and O–H groups in total. The fraction of sp³-hybridized carbons (Fsp3) is 0.913. The summed E-state index contributed by atoms with van der Waals surface area (Å²) in [6.07, 6.45) is 12.8. The van der Waals surface area contributed by atoms with Gasteiger partial charge in [-0.2, -0.15) is 0 Å². The van der Waals surface area contributed by atoms with Crippen LogP contribution in [0.5, 0.6) is 0 Å². The third-order valence-corrected chi connectivity index (χ3v) is 9.19. The second-order valence-electron chi connectivity index (χ2n) is 10.9. The van der Waals surface area contributed by atoms with Gasteiger partial charge in [-0.05, 0) is 98.7 Å². The molecular weight excluding hydrogens is 292 g/mol. The van der Waals surface area contributed by atoms with Crippen molar-refractivity contribution in [1.29, 1.82) is 0 Å². The normalized spacial score (nSPS) is 54.0. The second-order valence-corrected chi connectivity index (χ2v) is 10.9. The first-order valence-electron chi connectivity index (χ1n) is 10.6. The van der Waals surface area contributed by atoms with E-state index < -0.39 is 5.60 Å². The average molecular weight is 331 g/mol. The molecule has 0 aromatic heterocycles. The van der Waals surface area contributed by atoms with Gasteiger partial charge in [0.15, 0.2) is 0 Å². The third kappa shape index (κ3) is 2.29. The first-order valence-corrected chi connectivity index (χ1v) is 10.6. The Labute approximate surface area is 149 Å². The van der Waals surface area contributed by atoms with E-state index in [1.165, 1.54) is 38.5 Å². The molecule has 1 nitrogen and oxygen atoms in total. The lowest BCUT2D eigenvalue weighted by Crippen LogP contribution is -2.50. The fourth-order valence-corrected chi connectivity index (χ4v) is 7.84. The lowest BCUT2D eigenvalue weighted by atomic mass is 9.47. The van der Waals surface area contributed by atoms with Crippen molar-refractivity contribution < 1.29 is 5.11 Å². The van der Waals surface area contributed by atoms with Gasteiger partial charge in [-0.25, -0.2) is 0 Å². The maximum absolute atomic E-state index is 10.6. The van der Waals surface area contributed by atoms with Crippen LogP contribution < -0.4 is 0 Å². The van der Waals surface area contributed by atoms with Crippen molar-refractivity contribution >= 4 is 0 Å². The molecule has 136 valence electrons. The SMILES string of the molecule is CC(C)[C@H]1CC[C@H]2[C@@H]3CCC4C[C@@](C)(O)CC[C@]4(C)C3=CC[C@]12C. The van der Waals surface area contributed by atoms with Crippen molar-refractivity contribution in [2.75, 3.05) is 0 Å². The van der Waals surface area contributed by atoms with E-state index in [1.54, 1.807) is 0 Å². The molecule has 1 heteroatoms. The van der Waals surface area contributed by atoms with Gasteiger partial charge < -0.3 is 5.11 Å². The molecule has 3 fully saturated rings. The fourth-order valence-electron chi connectivity index (χ4n) is 7.84. The minimum Gasteiger partial charge on any atom is -0.390 e. The van der Waals surface area contributed by atoms with E-state index in [0.29, 0.717) is 16.7 Å². The van der Waals surface area contributed by atoms with E-state index in [-0.39, 0.29) is 0 Å². The topological polar surface area (TPSA) is 20.2 Å². The maximum atomic E-state index is 10.6. The largest absolute Gasteiger partial charge is 0.390 e. The Morgan fingerprint density at radius 2 is 1.79 bits per heavy atom. The van der Waals surface area contributed by atoms with Gasteiger partial charge in [0.1, 0.15) is 0 Å². The highest BCUT2D eigenvalue weighted by Gasteiger charge is 2.58. The van der Waals surface area contributed by atoms with Gasteiger partial charge in [0.05, 0.1) is 5.60 Å². The molecule has 4 aliphatic carbocycles. The highest BCUT2D eigenvalue weighted by molar-refractivity contribution is 5.29. The summed E-state index contributed by atoms with van der Waals surface area (Å²) >= 11 is 0. The van der Waals surface area contributed by atoms with Crippen LogP contribution in [0.25, 0.3) is 0 Å². The van der Waals surface area contributed by atoms with Crippen LogP contribution in [0.1, 0.15) is 86.0 Å². The number of hydrogen-bond acceptors (Lipinski definition) is 1. The molecule has 0 spiro atoms. The van der Waals surface area contributed by atoms with Crippen molar-refractivity contribution in [1.82, 2.24) is 0 Å². The zero-order valence-corrected chi connectivity index (χ0v) is 16.6. The van der Waals surface area contributed by atoms with Crippen molar-refractivity contribution in [3.05, 3.63) is 11.6 Å². The predicted octanol–water partition coefficient (Wildman–Crippen LogP) is 5.97. The first kappa shape index (κ1) is 17.1. The molecule has 0 heterocycles. The van der Waals surface area contributed by atoms with Gasteiger partial charge in [-0.3, -0.25) is 0 Å². The summed E-state index contributed by atoms with van der Waals surface area (Å²) in [6.45, 7) is 12.1. The number of allylic oxidation sites excluding steroid dienone is 2. The van der Waals surface area contributed by atoms with Crippen LogP contribution in [0.3, 0.4) is 0 Å². The van der Waals surface area contributed by atoms with Gasteiger partial charge in [0.25, 0.3) is 0 Å². The van der Waals surface area contributed by atoms with E-state index in [0.717, 1.165) is 36.5 Å². The van der Waals surface area contributed by atoms with Crippen molar-refractivity contribution in [2.45, 2.75) is 91.6 Å². The minimum atomic E-state index is -0.420. The second kappa shape index (κ2) is 5.35. The van der Waals surface area contributed by atoms with Crippen LogP contribution in [0, 0.1) is 40.4 Å². The molecule has 1 unspecified atom stereocenters. The summed E-state index contributed by atoms with van der Waals surface area (Å²) in [5.74, 6) is 4.21. The number of rotatable bonds is 1. The molecule has 4 rings (SSSR count). The molecule has 7 atom stereocenters. The zero-order chi connectivity index (χ0) is 17.3. The van der Waals surface area contributed by atoms with Gasteiger partial charge >= 0.3 is 0 Å². The zero-order valence-electron chi connectivity index (χ0n) is 16.6. The predicted molar refractivity (Wildman–Crippen MR) is 101 cm³/mol. The Morgan fingerprint density at radius 1 is 1.04 bits per heavy atom. The third-order valence-electron chi connectivity index (χ3n) is 9.19. The van der Waals surface area contributed by atoms with E-state index >= 15 is 0 Å². The number of fused-ring (bicyclic) bond motifs is 5. The molecule has 0 saturated heterocycles. The number of aliphatic hydroxyl groups is 1. The van der Waals surface area contributed by atoms with Crippen molar-refractivity contribution in [3.8, 4) is 0 Å². The molecule has 0 amide bonds. The van der Waals surface area contributed by atoms with Crippen LogP contribution in [-0.2, 0) is 0 Å². The Morgan fingerprint density at radius 3 is 2.50 bits per heavy atom. The lowest BCUT2D eigenvalue weighted by Gasteiger charge is -2.58. The summed E-state index contributed by atoms with van der Waals surface area (Å²) < 4.78 is 0. The molecule has 0 aliphatic heterocycles. The monoisotopic (exact) mass is 330 g/mol. The average Bonchev–Trinajstić information content (AvgIpc) is 2.85. The molecule has 24 heavy (non-hydrogen) atoms. The van der Waals surface area contributed by atoms with Crippen LogP contribution in [0.15, 0.2) is 11.6 Å². The van der Waals surface area contributed by atoms with E-state index in [2.05, 4.69) is 40.7 Å². The lowest BCUT2D eigenvalue weighted by molar-refractivity contribution is -0.0645. The smallest absolute Gasteiger partial charge is 0.0623 e. The van der Waals surface area contributed by atoms with Gasteiger partial charge in [0.2, 0.25) is 0 Å². The molecule has 0 aromatic rings. The highest BCUT2D eigenvalue weighted by atomic mass is 16.3. The molecular formula is C23H38O. The highest BCUT2D eigenvalue weighted by Crippen LogP contribution is 2.66. The van der Waals surface area contributed by atoms with E-state index in [1.807, 2.05) is 5.57 Å². The summed E-state index contributed by atoms with van der Waals surface area (Å²) in [6, 6.07) is 0. The Hall–Kier alpha value is -0.300. The Bertz CT molecular complexity index is 544. The summed E-state index contributed by atoms with van der Waals surface area (Å²) in [7, 11) is 0. The molecule has 4 aliphatic rings. The van der Waals surface area contributed by atoms with Crippen LogP contribution >= 0.6 is 0 Å². The first-order chi connectivity index (χ1) is 11.2. The summed E-state index contributed by atoms with van der Waals surface area (Å²) in [5, 5.41) is 10.6. The minimum absolute atomic E-state index is 0.377. The molecule has 0 radical (unpaired) electrons. The Kier molecular flexibility index (Phi) is 3.82. The van der Waals surface area contributed by atoms with E-state index in [9.17, 15) is 5.11 Å². The van der Waals surface area contributed by atoms with Crippen LogP contribution in [0.4, 0.5) is 0 Å². The molecule has 3 saturated carbocycles. The number of hydrogen-bond donors (Lipinski definition) is 1. The summed E-state index contributed by atoms with van der Waals surface area (Å²) in [4.78, 5) is 0. The van der Waals surface area contributed by atoms with E-state index in [4.69, 9.17) is 0 Å². The van der Waals surface area contributed by atoms with Gasteiger partial charge in [-0.1, -0.05) is 39.3 Å². The quantitative estimate of drug-likeness (QED) is 0.587. The summed E-state index contributed by atoms with van der Waals surface area (Å²) in [5.41, 5.74) is 2.33. The van der Waals surface area contributed by atoms with Crippen LogP contribution in [-0.4, -0.2) is 10.7 Å². The maximum Gasteiger partial charge on any atom is 0.0623 e.